The number of nitrogens with one attached hydrogen (secondary N) is 1. The largest absolute Gasteiger partial charge is 0.466 e. The number of hydrogen-bond donors (Lipinski definition) is 3. The lowest BCUT2D eigenvalue weighted by molar-refractivity contribution is -0.143. The van der Waals surface area contributed by atoms with Crippen molar-refractivity contribution in [2.45, 2.75) is 392 Å². The number of ether oxygens (including phenoxy) is 1. The molecule has 0 aromatic rings. The summed E-state index contributed by atoms with van der Waals surface area (Å²) in [5, 5.41) is 23.4. The van der Waals surface area contributed by atoms with E-state index in [1.54, 1.807) is 0 Å². The van der Waals surface area contributed by atoms with Crippen molar-refractivity contribution >= 4 is 11.9 Å². The highest BCUT2D eigenvalue weighted by Gasteiger charge is 2.20. The first kappa shape index (κ1) is 73.3. The Hall–Kier alpha value is -1.66. The lowest BCUT2D eigenvalue weighted by Crippen LogP contribution is -2.45. The smallest absolute Gasteiger partial charge is 0.305 e. The predicted molar refractivity (Wildman–Crippen MR) is 329 cm³/mol. The zero-order valence-electron chi connectivity index (χ0n) is 50.8. The van der Waals surface area contributed by atoms with Crippen molar-refractivity contribution in [1.82, 2.24) is 5.32 Å². The molecule has 0 saturated heterocycles. The van der Waals surface area contributed by atoms with E-state index in [0.29, 0.717) is 25.9 Å². The number of carbonyl (C=O) groups is 2. The molecule has 6 heteroatoms. The summed E-state index contributed by atoms with van der Waals surface area (Å²) in [4.78, 5) is 24.6. The summed E-state index contributed by atoms with van der Waals surface area (Å²) < 4.78 is 5.48. The first-order chi connectivity index (χ1) is 37.0. The molecule has 0 aromatic carbocycles. The summed E-state index contributed by atoms with van der Waals surface area (Å²) in [5.41, 5.74) is 0. The van der Waals surface area contributed by atoms with E-state index < -0.39 is 12.1 Å². The molecule has 0 spiro atoms. The third-order valence-corrected chi connectivity index (χ3v) is 16.0. The van der Waals surface area contributed by atoms with Gasteiger partial charge >= 0.3 is 5.97 Å². The van der Waals surface area contributed by atoms with Gasteiger partial charge in [0, 0.05) is 12.8 Å². The van der Waals surface area contributed by atoms with Crippen LogP contribution in [-0.4, -0.2) is 47.4 Å². The number of amides is 1. The van der Waals surface area contributed by atoms with Crippen molar-refractivity contribution in [2.75, 3.05) is 13.2 Å². The number of rotatable bonds is 64. The maximum absolute atomic E-state index is 12.5. The first-order valence-electron chi connectivity index (χ1n) is 34.1. The normalized spacial score (nSPS) is 12.6. The number of allylic oxidation sites excluding steroid dienone is 4. The Bertz CT molecular complexity index is 1170. The van der Waals surface area contributed by atoms with Crippen molar-refractivity contribution in [3.05, 3.63) is 24.3 Å². The molecule has 0 aromatic heterocycles. The number of esters is 1. The fourth-order valence-corrected chi connectivity index (χ4v) is 10.8. The van der Waals surface area contributed by atoms with E-state index in [-0.39, 0.29) is 18.5 Å². The van der Waals surface area contributed by atoms with Gasteiger partial charge in [-0.25, -0.2) is 0 Å². The Balaban J connectivity index is 3.37. The van der Waals surface area contributed by atoms with Crippen molar-refractivity contribution in [3.8, 4) is 0 Å². The monoisotopic (exact) mass is 1060 g/mol. The topological polar surface area (TPSA) is 95.9 Å². The maximum atomic E-state index is 12.5. The molecule has 0 rings (SSSR count). The zero-order valence-corrected chi connectivity index (χ0v) is 50.8. The Labute approximate surface area is 469 Å². The summed E-state index contributed by atoms with van der Waals surface area (Å²) in [5.74, 6) is -0.0284. The Morgan fingerprint density at radius 1 is 0.373 bits per heavy atom. The van der Waals surface area contributed by atoms with Gasteiger partial charge in [-0.2, -0.15) is 0 Å². The van der Waals surface area contributed by atoms with E-state index in [1.165, 1.54) is 295 Å². The van der Waals surface area contributed by atoms with Crippen LogP contribution in [0.15, 0.2) is 24.3 Å². The zero-order chi connectivity index (χ0) is 54.3. The number of aliphatic hydroxyl groups excluding tert-OH is 2. The minimum absolute atomic E-state index is 0.00153. The number of unbranched alkanes of at least 4 members (excludes halogenated alkanes) is 49. The second-order valence-electron chi connectivity index (χ2n) is 23.5. The summed E-state index contributed by atoms with van der Waals surface area (Å²) in [6.45, 7) is 4.94. The van der Waals surface area contributed by atoms with Crippen LogP contribution in [-0.2, 0) is 14.3 Å². The average Bonchev–Trinajstić information content (AvgIpc) is 3.41. The summed E-state index contributed by atoms with van der Waals surface area (Å²) in [6.07, 6.45) is 80.7. The Morgan fingerprint density at radius 2 is 0.680 bits per heavy atom. The quantitative estimate of drug-likeness (QED) is 0.0320. The average molecular weight is 1060 g/mol. The van der Waals surface area contributed by atoms with Gasteiger partial charge in [0.25, 0.3) is 0 Å². The molecule has 0 heterocycles. The highest BCUT2D eigenvalue weighted by molar-refractivity contribution is 5.76. The number of carbonyl (C=O) groups excluding carboxylic acids is 2. The van der Waals surface area contributed by atoms with Crippen LogP contribution in [0.3, 0.4) is 0 Å². The molecule has 0 aliphatic heterocycles. The van der Waals surface area contributed by atoms with Gasteiger partial charge in [0.15, 0.2) is 0 Å². The SMILES string of the molecule is CCCC/C=C\C/C=C\CCCCCCCC(=O)OCCCCCCCCCCCCCCCCCCCCCCCCCCC(=O)NC(CO)C(O)CCCCCCCCCCCCCCCCCCCCCC. The minimum Gasteiger partial charge on any atom is -0.466 e. The van der Waals surface area contributed by atoms with Crippen LogP contribution in [0.5, 0.6) is 0 Å². The van der Waals surface area contributed by atoms with Gasteiger partial charge in [0.05, 0.1) is 25.4 Å². The molecule has 2 unspecified atom stereocenters. The molecule has 444 valence electrons. The van der Waals surface area contributed by atoms with Crippen molar-refractivity contribution < 1.29 is 24.5 Å². The fourth-order valence-electron chi connectivity index (χ4n) is 10.8. The molecule has 0 bridgehead atoms. The first-order valence-corrected chi connectivity index (χ1v) is 34.1. The van der Waals surface area contributed by atoms with Crippen molar-refractivity contribution in [3.63, 3.8) is 0 Å². The summed E-state index contributed by atoms with van der Waals surface area (Å²) in [6, 6.07) is -0.541. The van der Waals surface area contributed by atoms with Crippen molar-refractivity contribution in [1.29, 1.82) is 0 Å². The van der Waals surface area contributed by atoms with Gasteiger partial charge in [0.2, 0.25) is 5.91 Å². The molecular weight excluding hydrogens is 923 g/mol. The summed E-state index contributed by atoms with van der Waals surface area (Å²) in [7, 11) is 0. The Morgan fingerprint density at radius 3 is 1.05 bits per heavy atom. The molecule has 2 atom stereocenters. The summed E-state index contributed by atoms with van der Waals surface area (Å²) >= 11 is 0. The van der Waals surface area contributed by atoms with Gasteiger partial charge in [-0.3, -0.25) is 9.59 Å². The second kappa shape index (κ2) is 64.9. The van der Waals surface area contributed by atoms with Crippen LogP contribution >= 0.6 is 0 Å². The van der Waals surface area contributed by atoms with Crippen LogP contribution < -0.4 is 5.32 Å². The van der Waals surface area contributed by atoms with E-state index in [4.69, 9.17) is 4.74 Å². The minimum atomic E-state index is -0.664. The standard InChI is InChI=1S/C69H133NO5/c1-3-5-7-9-11-13-15-17-19-20-21-28-31-34-37-41-45-49-53-57-61-67(72)66(65-71)70-68(73)62-58-54-50-46-42-38-35-32-29-26-24-22-23-25-27-30-33-36-40-44-48-52-56-60-64-75-69(74)63-59-55-51-47-43-39-18-16-14-12-10-8-6-4-2/h10,12,16,18,66-67,71-72H,3-9,11,13-15,17,19-65H2,1-2H3,(H,70,73)/b12-10-,18-16-. The lowest BCUT2D eigenvalue weighted by Gasteiger charge is -2.22. The molecule has 3 N–H and O–H groups in total. The van der Waals surface area contributed by atoms with Gasteiger partial charge < -0.3 is 20.3 Å². The highest BCUT2D eigenvalue weighted by Crippen LogP contribution is 2.19. The van der Waals surface area contributed by atoms with Gasteiger partial charge in [-0.1, -0.05) is 340 Å². The van der Waals surface area contributed by atoms with Gasteiger partial charge in [-0.05, 0) is 51.4 Å². The molecule has 0 aliphatic rings. The fraction of sp³-hybridized carbons (Fsp3) is 0.913. The molecule has 0 fully saturated rings. The highest BCUT2D eigenvalue weighted by atomic mass is 16.5. The molecule has 0 radical (unpaired) electrons. The van der Waals surface area contributed by atoms with Crippen LogP contribution in [0.2, 0.25) is 0 Å². The third-order valence-electron chi connectivity index (χ3n) is 16.0. The van der Waals surface area contributed by atoms with Crippen LogP contribution in [0.1, 0.15) is 380 Å². The lowest BCUT2D eigenvalue weighted by atomic mass is 10.0. The third kappa shape index (κ3) is 61.4. The van der Waals surface area contributed by atoms with Gasteiger partial charge in [0.1, 0.15) is 0 Å². The van der Waals surface area contributed by atoms with Crippen LogP contribution in [0.25, 0.3) is 0 Å². The molecule has 1 amide bonds. The van der Waals surface area contributed by atoms with Gasteiger partial charge in [-0.15, -0.1) is 0 Å². The molecule has 75 heavy (non-hydrogen) atoms. The Kier molecular flexibility index (Phi) is 63.4. The molecule has 0 saturated carbocycles. The van der Waals surface area contributed by atoms with E-state index in [1.807, 2.05) is 0 Å². The number of hydrogen-bond acceptors (Lipinski definition) is 5. The maximum Gasteiger partial charge on any atom is 0.305 e. The van der Waals surface area contributed by atoms with Crippen LogP contribution in [0.4, 0.5) is 0 Å². The predicted octanol–water partition coefficient (Wildman–Crippen LogP) is 21.8. The van der Waals surface area contributed by atoms with E-state index >= 15 is 0 Å². The molecule has 0 aliphatic carbocycles. The second-order valence-corrected chi connectivity index (χ2v) is 23.5. The molecule has 6 nitrogen and oxygen atoms in total. The number of aliphatic hydroxyl groups is 2. The van der Waals surface area contributed by atoms with E-state index in [0.717, 1.165) is 51.4 Å². The van der Waals surface area contributed by atoms with Crippen molar-refractivity contribution in [2.24, 2.45) is 0 Å². The van der Waals surface area contributed by atoms with Crippen LogP contribution in [0, 0.1) is 0 Å². The molecular formula is C69H133NO5. The van der Waals surface area contributed by atoms with E-state index in [9.17, 15) is 19.8 Å². The van der Waals surface area contributed by atoms with E-state index in [2.05, 4.69) is 43.5 Å².